The Morgan fingerprint density at radius 1 is 1.27 bits per heavy atom. The van der Waals surface area contributed by atoms with Gasteiger partial charge in [-0.3, -0.25) is 4.98 Å². The van der Waals surface area contributed by atoms with Crippen LogP contribution >= 0.6 is 0 Å². The third-order valence-electron chi connectivity index (χ3n) is 4.27. The van der Waals surface area contributed by atoms with Crippen LogP contribution in [-0.4, -0.2) is 38.4 Å². The van der Waals surface area contributed by atoms with Crippen molar-refractivity contribution in [3.8, 4) is 0 Å². The minimum atomic E-state index is 0.395. The van der Waals surface area contributed by atoms with E-state index in [1.807, 2.05) is 4.68 Å². The zero-order valence-corrected chi connectivity index (χ0v) is 13.5. The lowest BCUT2D eigenvalue weighted by atomic mass is 9.99. The van der Waals surface area contributed by atoms with Gasteiger partial charge in [0.25, 0.3) is 0 Å². The summed E-state index contributed by atoms with van der Waals surface area (Å²) in [6.45, 7) is 8.64. The molecule has 6 heteroatoms. The predicted molar refractivity (Wildman–Crippen MR) is 82.8 cm³/mol. The Morgan fingerprint density at radius 3 is 2.73 bits per heavy atom. The molecule has 118 valence electrons. The molecule has 0 radical (unpaired) electrons. The molecule has 1 aliphatic heterocycles. The summed E-state index contributed by atoms with van der Waals surface area (Å²) in [6, 6.07) is 4.25. The van der Waals surface area contributed by atoms with Crippen molar-refractivity contribution in [2.24, 2.45) is 0 Å². The molecule has 2 aromatic rings. The average molecular weight is 301 g/mol. The summed E-state index contributed by atoms with van der Waals surface area (Å²) in [7, 11) is 0. The first-order valence-corrected chi connectivity index (χ1v) is 7.95. The molecule has 3 heterocycles. The second kappa shape index (κ2) is 6.52. The molecule has 0 aromatic carbocycles. The van der Waals surface area contributed by atoms with E-state index in [0.29, 0.717) is 18.4 Å². The number of pyridine rings is 1. The van der Waals surface area contributed by atoms with Crippen LogP contribution in [0, 0.1) is 6.92 Å². The van der Waals surface area contributed by atoms with Crippen molar-refractivity contribution in [3.05, 3.63) is 34.9 Å². The number of nitrogens with zero attached hydrogens (tertiary/aromatic N) is 5. The van der Waals surface area contributed by atoms with Gasteiger partial charge in [-0.05, 0) is 47.7 Å². The van der Waals surface area contributed by atoms with Gasteiger partial charge in [-0.2, -0.15) is 0 Å². The molecule has 0 amide bonds. The topological polar surface area (TPSA) is 65.7 Å². The number of aryl methyl sites for hydroxylation is 1. The van der Waals surface area contributed by atoms with E-state index in [1.165, 1.54) is 5.56 Å². The molecule has 1 aliphatic rings. The molecule has 22 heavy (non-hydrogen) atoms. The number of ether oxygens (including phenoxy) is 1. The molecule has 0 aliphatic carbocycles. The first kappa shape index (κ1) is 15.1. The van der Waals surface area contributed by atoms with Gasteiger partial charge in [0.15, 0.2) is 5.82 Å². The highest BCUT2D eigenvalue weighted by molar-refractivity contribution is 5.24. The first-order chi connectivity index (χ1) is 10.6. The Bertz CT molecular complexity index is 631. The monoisotopic (exact) mass is 301 g/mol. The number of rotatable bonds is 4. The van der Waals surface area contributed by atoms with Gasteiger partial charge in [-0.1, -0.05) is 19.9 Å². The van der Waals surface area contributed by atoms with Gasteiger partial charge >= 0.3 is 0 Å². The van der Waals surface area contributed by atoms with Crippen LogP contribution in [0.2, 0.25) is 0 Å². The van der Waals surface area contributed by atoms with Gasteiger partial charge < -0.3 is 4.74 Å². The molecule has 0 bridgehead atoms. The minimum Gasteiger partial charge on any atom is -0.381 e. The second-order valence-electron chi connectivity index (χ2n) is 6.22. The fraction of sp³-hybridized carbons (Fsp3) is 0.625. The lowest BCUT2D eigenvalue weighted by molar-refractivity contribution is 0.0826. The zero-order valence-electron chi connectivity index (χ0n) is 13.5. The smallest absolute Gasteiger partial charge is 0.154 e. The van der Waals surface area contributed by atoms with Crippen molar-refractivity contribution < 1.29 is 4.74 Å². The van der Waals surface area contributed by atoms with Crippen LogP contribution in [0.4, 0.5) is 0 Å². The van der Waals surface area contributed by atoms with E-state index in [2.05, 4.69) is 48.4 Å². The highest BCUT2D eigenvalue weighted by Crippen LogP contribution is 2.25. The van der Waals surface area contributed by atoms with E-state index < -0.39 is 0 Å². The van der Waals surface area contributed by atoms with E-state index in [4.69, 9.17) is 9.72 Å². The van der Waals surface area contributed by atoms with E-state index >= 15 is 0 Å². The fourth-order valence-electron chi connectivity index (χ4n) is 2.83. The van der Waals surface area contributed by atoms with E-state index in [1.54, 1.807) is 0 Å². The fourth-order valence-corrected chi connectivity index (χ4v) is 2.83. The third-order valence-corrected chi connectivity index (χ3v) is 4.27. The van der Waals surface area contributed by atoms with E-state index in [-0.39, 0.29) is 0 Å². The van der Waals surface area contributed by atoms with Crippen molar-refractivity contribution >= 4 is 0 Å². The van der Waals surface area contributed by atoms with Crippen molar-refractivity contribution in [3.63, 3.8) is 0 Å². The lowest BCUT2D eigenvalue weighted by Crippen LogP contribution is -2.19. The summed E-state index contributed by atoms with van der Waals surface area (Å²) in [5.74, 6) is 1.81. The maximum absolute atomic E-state index is 5.42. The Kier molecular flexibility index (Phi) is 4.47. The third kappa shape index (κ3) is 3.16. The molecule has 0 N–H and O–H groups in total. The summed E-state index contributed by atoms with van der Waals surface area (Å²) in [4.78, 5) is 4.69. The maximum Gasteiger partial charge on any atom is 0.154 e. The van der Waals surface area contributed by atoms with Crippen LogP contribution in [-0.2, 0) is 11.3 Å². The molecule has 0 spiro atoms. The van der Waals surface area contributed by atoms with Gasteiger partial charge in [-0.25, -0.2) is 4.68 Å². The van der Waals surface area contributed by atoms with Crippen LogP contribution in [0.3, 0.4) is 0 Å². The lowest BCUT2D eigenvalue weighted by Gasteiger charge is -2.21. The van der Waals surface area contributed by atoms with Crippen LogP contribution < -0.4 is 0 Å². The summed E-state index contributed by atoms with van der Waals surface area (Å²) >= 11 is 0. The highest BCUT2D eigenvalue weighted by Gasteiger charge is 2.22. The number of aromatic nitrogens is 5. The highest BCUT2D eigenvalue weighted by atomic mass is 16.5. The standard InChI is InChI=1S/C16H23N5O/c1-11(2)15-5-4-14(12(3)17-15)10-21-16(18-19-20-21)13-6-8-22-9-7-13/h4-5,11,13H,6-10H2,1-3H3. The van der Waals surface area contributed by atoms with Gasteiger partial charge in [0.05, 0.1) is 6.54 Å². The molecular weight excluding hydrogens is 278 g/mol. The van der Waals surface area contributed by atoms with E-state index in [9.17, 15) is 0 Å². The van der Waals surface area contributed by atoms with Gasteiger partial charge in [0, 0.05) is 30.5 Å². The number of hydrogen-bond donors (Lipinski definition) is 0. The SMILES string of the molecule is Cc1nc(C(C)C)ccc1Cn1nnnc1C1CCOCC1. The normalized spacial score (nSPS) is 16.4. The Balaban J connectivity index is 1.80. The van der Waals surface area contributed by atoms with Crippen molar-refractivity contribution in [2.75, 3.05) is 13.2 Å². The predicted octanol–water partition coefficient (Wildman–Crippen LogP) is 2.44. The molecular formula is C16H23N5O. The van der Waals surface area contributed by atoms with Gasteiger partial charge in [0.1, 0.15) is 0 Å². The Morgan fingerprint density at radius 2 is 2.05 bits per heavy atom. The molecule has 1 saturated heterocycles. The molecule has 0 atom stereocenters. The van der Waals surface area contributed by atoms with Crippen molar-refractivity contribution in [2.45, 2.75) is 52.0 Å². The molecule has 0 unspecified atom stereocenters. The summed E-state index contributed by atoms with van der Waals surface area (Å²) in [6.07, 6.45) is 1.98. The van der Waals surface area contributed by atoms with Crippen LogP contribution in [0.1, 0.15) is 61.3 Å². The first-order valence-electron chi connectivity index (χ1n) is 7.95. The largest absolute Gasteiger partial charge is 0.381 e. The molecule has 2 aromatic heterocycles. The van der Waals surface area contributed by atoms with Crippen LogP contribution in [0.25, 0.3) is 0 Å². The molecule has 3 rings (SSSR count). The maximum atomic E-state index is 5.42. The summed E-state index contributed by atoms with van der Waals surface area (Å²) < 4.78 is 7.33. The average Bonchev–Trinajstić information content (AvgIpc) is 2.98. The quantitative estimate of drug-likeness (QED) is 0.868. The molecule has 6 nitrogen and oxygen atoms in total. The summed E-state index contributed by atoms with van der Waals surface area (Å²) in [5, 5.41) is 12.3. The van der Waals surface area contributed by atoms with Crippen LogP contribution in [0.15, 0.2) is 12.1 Å². The Labute approximate surface area is 130 Å². The van der Waals surface area contributed by atoms with Crippen molar-refractivity contribution in [1.82, 2.24) is 25.2 Å². The second-order valence-corrected chi connectivity index (χ2v) is 6.22. The zero-order chi connectivity index (χ0) is 15.5. The van der Waals surface area contributed by atoms with E-state index in [0.717, 1.165) is 43.3 Å². The number of hydrogen-bond acceptors (Lipinski definition) is 5. The summed E-state index contributed by atoms with van der Waals surface area (Å²) in [5.41, 5.74) is 3.35. The molecule has 0 saturated carbocycles. The minimum absolute atomic E-state index is 0.395. The van der Waals surface area contributed by atoms with Gasteiger partial charge in [-0.15, -0.1) is 5.10 Å². The van der Waals surface area contributed by atoms with Crippen LogP contribution in [0.5, 0.6) is 0 Å². The number of tetrazole rings is 1. The van der Waals surface area contributed by atoms with Gasteiger partial charge in [0.2, 0.25) is 0 Å². The Hall–Kier alpha value is -1.82. The van der Waals surface area contributed by atoms with Crippen molar-refractivity contribution in [1.29, 1.82) is 0 Å². The molecule has 1 fully saturated rings.